The fourth-order valence-electron chi connectivity index (χ4n) is 4.41. The van der Waals surface area contributed by atoms with Gasteiger partial charge >= 0.3 is 0 Å². The molecule has 2 aliphatic rings. The first kappa shape index (κ1) is 16.9. The lowest BCUT2D eigenvalue weighted by atomic mass is 10.0. The Morgan fingerprint density at radius 3 is 2.57 bits per heavy atom. The molecular formula is C20H32N2O. The lowest BCUT2D eigenvalue weighted by Gasteiger charge is -2.44. The number of hydrogen-bond donors (Lipinski definition) is 1. The van der Waals surface area contributed by atoms with E-state index in [1.54, 1.807) is 0 Å². The first-order chi connectivity index (χ1) is 11.4. The van der Waals surface area contributed by atoms with E-state index in [1.165, 1.54) is 63.7 Å². The maximum absolute atomic E-state index is 9.44. The molecule has 0 bridgehead atoms. The molecule has 128 valence electrons. The second kappa shape index (κ2) is 8.81. The third-order valence-electron chi connectivity index (χ3n) is 5.65. The summed E-state index contributed by atoms with van der Waals surface area (Å²) in [6.07, 6.45) is 8.88. The average molecular weight is 316 g/mol. The van der Waals surface area contributed by atoms with E-state index in [2.05, 4.69) is 40.1 Å². The summed E-state index contributed by atoms with van der Waals surface area (Å²) < 4.78 is 0. The highest BCUT2D eigenvalue weighted by Gasteiger charge is 2.32. The van der Waals surface area contributed by atoms with Gasteiger partial charge in [0.05, 0.1) is 0 Å². The van der Waals surface area contributed by atoms with Gasteiger partial charge in [-0.15, -0.1) is 0 Å². The van der Waals surface area contributed by atoms with Crippen LogP contribution in [0.5, 0.6) is 0 Å². The number of piperazine rings is 1. The molecule has 0 radical (unpaired) electrons. The summed E-state index contributed by atoms with van der Waals surface area (Å²) in [5, 5.41) is 9.44. The van der Waals surface area contributed by atoms with E-state index in [9.17, 15) is 5.11 Å². The zero-order chi connectivity index (χ0) is 15.9. The normalized spacial score (nSPS) is 24.3. The maximum Gasteiger partial charge on any atom is 0.0446 e. The van der Waals surface area contributed by atoms with Gasteiger partial charge in [0.2, 0.25) is 0 Å². The van der Waals surface area contributed by atoms with Gasteiger partial charge < -0.3 is 10.0 Å². The van der Waals surface area contributed by atoms with Crippen molar-refractivity contribution in [2.75, 3.05) is 32.8 Å². The van der Waals surface area contributed by atoms with Crippen molar-refractivity contribution >= 4 is 0 Å². The quantitative estimate of drug-likeness (QED) is 0.838. The Bertz CT molecular complexity index is 444. The summed E-state index contributed by atoms with van der Waals surface area (Å²) in [6, 6.07) is 12.2. The number of benzene rings is 1. The fraction of sp³-hybridized carbons (Fsp3) is 0.700. The Balaban J connectivity index is 1.46. The minimum atomic E-state index is 0.325. The van der Waals surface area contributed by atoms with Gasteiger partial charge in [0.15, 0.2) is 0 Å². The third-order valence-corrected chi connectivity index (χ3v) is 5.65. The van der Waals surface area contributed by atoms with Crippen LogP contribution in [0.1, 0.15) is 44.1 Å². The molecule has 1 aliphatic heterocycles. The monoisotopic (exact) mass is 316 g/mol. The van der Waals surface area contributed by atoms with Gasteiger partial charge in [-0.1, -0.05) is 43.2 Å². The zero-order valence-corrected chi connectivity index (χ0v) is 14.4. The number of rotatable bonds is 7. The standard InChI is InChI=1S/C20H32N2O/c23-16-12-20-17-21(13-6-9-18-7-2-1-3-8-18)14-15-22(20)19-10-4-5-11-19/h1-3,7-8,19-20,23H,4-6,9-17H2/t20-/m1/s1. The van der Waals surface area contributed by atoms with Crippen LogP contribution in [0.4, 0.5) is 0 Å². The molecule has 1 saturated heterocycles. The predicted octanol–water partition coefficient (Wildman–Crippen LogP) is 2.93. The Morgan fingerprint density at radius 2 is 1.83 bits per heavy atom. The third kappa shape index (κ3) is 4.79. The van der Waals surface area contributed by atoms with Crippen LogP contribution in [-0.4, -0.2) is 59.8 Å². The van der Waals surface area contributed by atoms with Gasteiger partial charge in [-0.25, -0.2) is 0 Å². The van der Waals surface area contributed by atoms with Gasteiger partial charge in [-0.3, -0.25) is 4.90 Å². The van der Waals surface area contributed by atoms with Crippen molar-refractivity contribution < 1.29 is 5.11 Å². The smallest absolute Gasteiger partial charge is 0.0446 e. The van der Waals surface area contributed by atoms with Gasteiger partial charge in [-0.2, -0.15) is 0 Å². The summed E-state index contributed by atoms with van der Waals surface area (Å²) >= 11 is 0. The summed E-state index contributed by atoms with van der Waals surface area (Å²) in [5.41, 5.74) is 1.45. The molecule has 3 rings (SSSR count). The Kier molecular flexibility index (Phi) is 6.49. The van der Waals surface area contributed by atoms with Crippen LogP contribution in [0.25, 0.3) is 0 Å². The highest BCUT2D eigenvalue weighted by molar-refractivity contribution is 5.14. The number of nitrogens with zero attached hydrogens (tertiary/aromatic N) is 2. The topological polar surface area (TPSA) is 26.7 Å². The van der Waals surface area contributed by atoms with Crippen molar-refractivity contribution in [3.63, 3.8) is 0 Å². The van der Waals surface area contributed by atoms with Crippen LogP contribution < -0.4 is 0 Å². The predicted molar refractivity (Wildman–Crippen MR) is 95.7 cm³/mol. The average Bonchev–Trinajstić information content (AvgIpc) is 3.11. The van der Waals surface area contributed by atoms with E-state index in [0.717, 1.165) is 19.0 Å². The second-order valence-corrected chi connectivity index (χ2v) is 7.23. The first-order valence-corrected chi connectivity index (χ1v) is 9.49. The Labute approximate surface area is 141 Å². The molecule has 3 heteroatoms. The molecule has 3 nitrogen and oxygen atoms in total. The van der Waals surface area contributed by atoms with Crippen LogP contribution in [0.15, 0.2) is 30.3 Å². The van der Waals surface area contributed by atoms with Gasteiger partial charge in [0.1, 0.15) is 0 Å². The maximum atomic E-state index is 9.44. The number of aliphatic hydroxyl groups excluding tert-OH is 1. The van der Waals surface area contributed by atoms with Gasteiger partial charge in [0, 0.05) is 38.3 Å². The first-order valence-electron chi connectivity index (χ1n) is 9.49. The molecule has 1 aliphatic carbocycles. The van der Waals surface area contributed by atoms with Crippen molar-refractivity contribution in [2.45, 2.75) is 57.0 Å². The largest absolute Gasteiger partial charge is 0.396 e. The molecule has 1 heterocycles. The molecule has 23 heavy (non-hydrogen) atoms. The van der Waals surface area contributed by atoms with Crippen molar-refractivity contribution in [1.29, 1.82) is 0 Å². The molecule has 0 spiro atoms. The highest BCUT2D eigenvalue weighted by atomic mass is 16.3. The molecule has 1 N–H and O–H groups in total. The Hall–Kier alpha value is -0.900. The van der Waals surface area contributed by atoms with Gasteiger partial charge in [-0.05, 0) is 44.2 Å². The van der Waals surface area contributed by atoms with Crippen LogP contribution in [0, 0.1) is 0 Å². The molecule has 1 aromatic rings. The van der Waals surface area contributed by atoms with E-state index in [0.29, 0.717) is 12.6 Å². The summed E-state index contributed by atoms with van der Waals surface area (Å²) in [7, 11) is 0. The van der Waals surface area contributed by atoms with E-state index < -0.39 is 0 Å². The summed E-state index contributed by atoms with van der Waals surface area (Å²) in [4.78, 5) is 5.34. The molecule has 1 saturated carbocycles. The molecular weight excluding hydrogens is 284 g/mol. The van der Waals surface area contributed by atoms with Crippen molar-refractivity contribution in [3.8, 4) is 0 Å². The highest BCUT2D eigenvalue weighted by Crippen LogP contribution is 2.27. The van der Waals surface area contributed by atoms with E-state index in [4.69, 9.17) is 0 Å². The van der Waals surface area contributed by atoms with Crippen LogP contribution in [0.3, 0.4) is 0 Å². The van der Waals surface area contributed by atoms with Crippen molar-refractivity contribution in [2.24, 2.45) is 0 Å². The molecule has 2 fully saturated rings. The molecule has 0 amide bonds. The number of aliphatic hydroxyl groups is 1. The zero-order valence-electron chi connectivity index (χ0n) is 14.4. The SMILES string of the molecule is OCC[C@@H]1CN(CCCc2ccccc2)CCN1C1CCCC1. The molecule has 1 aromatic carbocycles. The van der Waals surface area contributed by atoms with Crippen LogP contribution >= 0.6 is 0 Å². The second-order valence-electron chi connectivity index (χ2n) is 7.23. The fourth-order valence-corrected chi connectivity index (χ4v) is 4.41. The molecule has 1 atom stereocenters. The lowest BCUT2D eigenvalue weighted by Crippen LogP contribution is -2.56. The summed E-state index contributed by atoms with van der Waals surface area (Å²) in [5.74, 6) is 0. The van der Waals surface area contributed by atoms with E-state index in [1.807, 2.05) is 0 Å². The van der Waals surface area contributed by atoms with E-state index >= 15 is 0 Å². The number of hydrogen-bond acceptors (Lipinski definition) is 3. The van der Waals surface area contributed by atoms with E-state index in [-0.39, 0.29) is 0 Å². The lowest BCUT2D eigenvalue weighted by molar-refractivity contribution is 0.0296. The van der Waals surface area contributed by atoms with Gasteiger partial charge in [0.25, 0.3) is 0 Å². The van der Waals surface area contributed by atoms with Crippen molar-refractivity contribution in [3.05, 3.63) is 35.9 Å². The van der Waals surface area contributed by atoms with Crippen LogP contribution in [-0.2, 0) is 6.42 Å². The number of aryl methyl sites for hydroxylation is 1. The summed E-state index contributed by atoms with van der Waals surface area (Å²) in [6.45, 7) is 5.06. The van der Waals surface area contributed by atoms with Crippen LogP contribution in [0.2, 0.25) is 0 Å². The minimum Gasteiger partial charge on any atom is -0.396 e. The van der Waals surface area contributed by atoms with Crippen molar-refractivity contribution in [1.82, 2.24) is 9.80 Å². The molecule has 0 aromatic heterocycles. The Morgan fingerprint density at radius 1 is 1.04 bits per heavy atom. The molecule has 0 unspecified atom stereocenters. The minimum absolute atomic E-state index is 0.325.